The van der Waals surface area contributed by atoms with Gasteiger partial charge < -0.3 is 14.7 Å². The van der Waals surface area contributed by atoms with Crippen LogP contribution in [0.3, 0.4) is 0 Å². The summed E-state index contributed by atoms with van der Waals surface area (Å²) in [5, 5.41) is 10.3. The molecule has 32 heavy (non-hydrogen) atoms. The molecule has 0 aliphatic heterocycles. The third-order valence-electron chi connectivity index (χ3n) is 4.36. The molecular formula is C23H27N3O6. The van der Waals surface area contributed by atoms with E-state index >= 15 is 0 Å². The molecule has 3 amide bonds. The van der Waals surface area contributed by atoms with Gasteiger partial charge >= 0.3 is 12.1 Å². The third kappa shape index (κ3) is 6.31. The zero-order valence-electron chi connectivity index (χ0n) is 18.7. The van der Waals surface area contributed by atoms with Crippen molar-refractivity contribution in [1.82, 2.24) is 15.3 Å². The molecule has 2 aromatic carbocycles. The van der Waals surface area contributed by atoms with Crippen LogP contribution in [0.25, 0.3) is 0 Å². The van der Waals surface area contributed by atoms with Gasteiger partial charge in [-0.2, -0.15) is 0 Å². The molecule has 0 spiro atoms. The minimum absolute atomic E-state index is 0.169. The van der Waals surface area contributed by atoms with E-state index in [4.69, 9.17) is 9.84 Å². The fraction of sp³-hybridized carbons (Fsp3) is 0.304. The summed E-state index contributed by atoms with van der Waals surface area (Å²) in [6.45, 7) is 5.25. The molecule has 0 aliphatic carbocycles. The van der Waals surface area contributed by atoms with Crippen molar-refractivity contribution in [2.45, 2.75) is 32.7 Å². The predicted octanol–water partition coefficient (Wildman–Crippen LogP) is 2.96. The summed E-state index contributed by atoms with van der Waals surface area (Å²) >= 11 is 0. The molecule has 0 bridgehead atoms. The van der Waals surface area contributed by atoms with Crippen molar-refractivity contribution in [2.75, 3.05) is 14.1 Å². The van der Waals surface area contributed by atoms with Gasteiger partial charge in [-0.05, 0) is 56.7 Å². The predicted molar refractivity (Wildman–Crippen MR) is 117 cm³/mol. The van der Waals surface area contributed by atoms with Gasteiger partial charge in [0.15, 0.2) is 0 Å². The Bertz CT molecular complexity index is 1010. The first-order chi connectivity index (χ1) is 14.9. The molecule has 0 heterocycles. The smallest absolute Gasteiger partial charge is 0.414 e. The lowest BCUT2D eigenvalue weighted by Crippen LogP contribution is -2.56. The second kappa shape index (κ2) is 9.95. The van der Waals surface area contributed by atoms with Gasteiger partial charge in [-0.1, -0.05) is 18.2 Å². The van der Waals surface area contributed by atoms with Gasteiger partial charge in [0.25, 0.3) is 11.8 Å². The van der Waals surface area contributed by atoms with Crippen molar-refractivity contribution in [1.29, 1.82) is 0 Å². The van der Waals surface area contributed by atoms with E-state index in [1.807, 2.05) is 0 Å². The number of aliphatic carboxylic acids is 1. The first-order valence-electron chi connectivity index (χ1n) is 9.84. The van der Waals surface area contributed by atoms with Crippen molar-refractivity contribution in [3.63, 3.8) is 0 Å². The summed E-state index contributed by atoms with van der Waals surface area (Å²) in [5.41, 5.74) is 2.60. The zero-order valence-corrected chi connectivity index (χ0v) is 18.7. The van der Waals surface area contributed by atoms with Gasteiger partial charge in [0.05, 0.1) is 12.0 Å². The minimum Gasteiger partial charge on any atom is -0.481 e. The van der Waals surface area contributed by atoms with Gasteiger partial charge in [-0.25, -0.2) is 9.80 Å². The van der Waals surface area contributed by atoms with Gasteiger partial charge in [0, 0.05) is 25.2 Å². The normalized spacial score (nSPS) is 10.8. The minimum atomic E-state index is -1.07. The van der Waals surface area contributed by atoms with Crippen molar-refractivity contribution in [2.24, 2.45) is 0 Å². The lowest BCUT2D eigenvalue weighted by molar-refractivity contribution is -0.136. The van der Waals surface area contributed by atoms with Gasteiger partial charge in [0.1, 0.15) is 5.75 Å². The lowest BCUT2D eigenvalue weighted by atomic mass is 10.0. The maximum atomic E-state index is 13.2. The molecule has 2 N–H and O–H groups in total. The summed E-state index contributed by atoms with van der Waals surface area (Å²) in [4.78, 5) is 50.1. The topological polar surface area (TPSA) is 116 Å². The van der Waals surface area contributed by atoms with E-state index in [0.29, 0.717) is 5.56 Å². The summed E-state index contributed by atoms with van der Waals surface area (Å²) in [6, 6.07) is 12.3. The second-order valence-electron chi connectivity index (χ2n) is 8.27. The van der Waals surface area contributed by atoms with Crippen LogP contribution in [0.4, 0.5) is 4.79 Å². The van der Waals surface area contributed by atoms with Gasteiger partial charge in [0.2, 0.25) is 0 Å². The van der Waals surface area contributed by atoms with Crippen molar-refractivity contribution >= 4 is 23.9 Å². The van der Waals surface area contributed by atoms with Crippen molar-refractivity contribution < 1.29 is 29.0 Å². The number of hydrogen-bond donors (Lipinski definition) is 2. The maximum absolute atomic E-state index is 13.2. The Labute approximate surface area is 186 Å². The van der Waals surface area contributed by atoms with Gasteiger partial charge in [-0.15, -0.1) is 0 Å². The quantitative estimate of drug-likeness (QED) is 0.689. The van der Waals surface area contributed by atoms with E-state index < -0.39 is 29.4 Å². The number of ether oxygens (including phenoxy) is 1. The Kier molecular flexibility index (Phi) is 7.58. The van der Waals surface area contributed by atoms with Crippen molar-refractivity contribution in [3.8, 4) is 5.75 Å². The molecule has 0 atom stereocenters. The summed E-state index contributed by atoms with van der Waals surface area (Å²) < 4.78 is 5.15. The number of amides is 3. The van der Waals surface area contributed by atoms with Crippen LogP contribution in [0.15, 0.2) is 48.5 Å². The van der Waals surface area contributed by atoms with E-state index in [0.717, 1.165) is 0 Å². The van der Waals surface area contributed by atoms with Gasteiger partial charge in [-0.3, -0.25) is 19.8 Å². The van der Waals surface area contributed by atoms with Crippen LogP contribution in [0.5, 0.6) is 5.75 Å². The largest absolute Gasteiger partial charge is 0.481 e. The number of rotatable bonds is 5. The number of nitrogens with zero attached hydrogens (tertiary/aromatic N) is 2. The monoisotopic (exact) mass is 441 g/mol. The highest BCUT2D eigenvalue weighted by molar-refractivity contribution is 6.00. The molecular weight excluding hydrogens is 414 g/mol. The summed E-state index contributed by atoms with van der Waals surface area (Å²) in [6.07, 6.45) is -0.868. The Hall–Kier alpha value is -3.88. The number of carboxylic acid groups (broad SMARTS) is 1. The van der Waals surface area contributed by atoms with E-state index in [-0.39, 0.29) is 23.3 Å². The molecule has 0 aliphatic rings. The molecule has 0 unspecified atom stereocenters. The number of nitrogens with one attached hydrogen (secondary N) is 1. The molecule has 170 valence electrons. The van der Waals surface area contributed by atoms with Crippen LogP contribution in [0.2, 0.25) is 0 Å². The Morgan fingerprint density at radius 3 is 2.09 bits per heavy atom. The second-order valence-corrected chi connectivity index (χ2v) is 8.27. The van der Waals surface area contributed by atoms with Crippen LogP contribution in [-0.4, -0.2) is 58.5 Å². The molecule has 2 rings (SSSR count). The molecule has 9 nitrogen and oxygen atoms in total. The van der Waals surface area contributed by atoms with Crippen LogP contribution in [-0.2, 0) is 11.2 Å². The summed E-state index contributed by atoms with van der Waals surface area (Å²) in [7, 11) is 3.11. The SMILES string of the molecule is CN(C)C(=O)Oc1ccc(C(=O)N(NC(=O)c2ccccc2CC(=O)O)C(C)(C)C)cc1. The fourth-order valence-electron chi connectivity index (χ4n) is 2.73. The zero-order chi connectivity index (χ0) is 24.1. The van der Waals surface area contributed by atoms with Crippen LogP contribution in [0.1, 0.15) is 47.1 Å². The molecule has 2 aromatic rings. The number of benzene rings is 2. The van der Waals surface area contributed by atoms with E-state index in [9.17, 15) is 19.2 Å². The van der Waals surface area contributed by atoms with E-state index in [1.54, 1.807) is 53.1 Å². The maximum Gasteiger partial charge on any atom is 0.414 e. The first kappa shape index (κ1) is 24.4. The molecule has 0 radical (unpaired) electrons. The number of hydrazine groups is 1. The van der Waals surface area contributed by atoms with E-state index in [1.165, 1.54) is 40.2 Å². The average Bonchev–Trinajstić information content (AvgIpc) is 2.71. The standard InChI is InChI=1S/C23H27N3O6/c1-23(2,3)26(24-20(29)18-9-7-6-8-16(18)14-19(27)28)21(30)15-10-12-17(13-11-15)32-22(31)25(4)5/h6-13H,14H2,1-5H3,(H,24,29)(H,27,28). The number of carbonyl (C=O) groups excluding carboxylic acids is 3. The van der Waals surface area contributed by atoms with Crippen LogP contribution in [0, 0.1) is 0 Å². The van der Waals surface area contributed by atoms with Crippen LogP contribution >= 0.6 is 0 Å². The molecule has 0 fully saturated rings. The Morgan fingerprint density at radius 1 is 0.969 bits per heavy atom. The first-order valence-corrected chi connectivity index (χ1v) is 9.84. The molecule has 0 aromatic heterocycles. The highest BCUT2D eigenvalue weighted by atomic mass is 16.6. The Balaban J connectivity index is 2.26. The third-order valence-corrected chi connectivity index (χ3v) is 4.36. The van der Waals surface area contributed by atoms with Crippen LogP contribution < -0.4 is 10.2 Å². The average molecular weight is 441 g/mol. The molecule has 0 saturated heterocycles. The summed E-state index contributed by atoms with van der Waals surface area (Å²) in [5.74, 6) is -1.87. The van der Waals surface area contributed by atoms with Crippen molar-refractivity contribution in [3.05, 3.63) is 65.2 Å². The lowest BCUT2D eigenvalue weighted by Gasteiger charge is -2.35. The highest BCUT2D eigenvalue weighted by Gasteiger charge is 2.30. The number of carbonyl (C=O) groups is 4. The molecule has 0 saturated carbocycles. The number of carboxylic acids is 1. The van der Waals surface area contributed by atoms with E-state index in [2.05, 4.69) is 5.43 Å². The Morgan fingerprint density at radius 2 is 1.56 bits per heavy atom. The highest BCUT2D eigenvalue weighted by Crippen LogP contribution is 2.19. The number of hydrogen-bond acceptors (Lipinski definition) is 5. The fourth-order valence-corrected chi connectivity index (χ4v) is 2.73. The molecule has 9 heteroatoms.